The summed E-state index contributed by atoms with van der Waals surface area (Å²) in [7, 11) is 0. The van der Waals surface area contributed by atoms with Gasteiger partial charge >= 0.3 is 5.97 Å². The lowest BCUT2D eigenvalue weighted by Gasteiger charge is -2.06. The summed E-state index contributed by atoms with van der Waals surface area (Å²) in [6, 6.07) is 9.37. The van der Waals surface area contributed by atoms with E-state index in [2.05, 4.69) is 10.4 Å². The van der Waals surface area contributed by atoms with E-state index in [9.17, 15) is 14.0 Å². The number of halogens is 1. The maximum absolute atomic E-state index is 13.2. The maximum atomic E-state index is 13.2. The largest absolute Gasteiger partial charge is 0.467 e. The van der Waals surface area contributed by atoms with Crippen LogP contribution in [0.4, 0.5) is 4.39 Å². The minimum atomic E-state index is -0.646. The van der Waals surface area contributed by atoms with Crippen molar-refractivity contribution in [2.24, 2.45) is 0 Å². The number of furan rings is 1. The van der Waals surface area contributed by atoms with Crippen LogP contribution in [0.5, 0.6) is 0 Å². The standard InChI is InChI=1S/C20H18FN3O4/c21-13-6-8-14(9-7-13)24-17-5-1-4-16(17)19(23-24)20(26)28-12-18(25)22-11-15-3-2-10-27-15/h2-3,6-10H,1,4-5,11-12H2,(H,22,25). The van der Waals surface area contributed by atoms with E-state index in [1.807, 2.05) is 0 Å². The second kappa shape index (κ2) is 7.67. The van der Waals surface area contributed by atoms with Gasteiger partial charge in [-0.1, -0.05) is 0 Å². The molecule has 1 amide bonds. The molecule has 144 valence electrons. The van der Waals surface area contributed by atoms with Crippen LogP contribution in [-0.4, -0.2) is 28.3 Å². The Bertz CT molecular complexity index is 993. The van der Waals surface area contributed by atoms with Crippen LogP contribution in [0.25, 0.3) is 5.69 Å². The second-order valence-electron chi connectivity index (χ2n) is 6.45. The molecule has 0 saturated heterocycles. The molecule has 0 unspecified atom stereocenters. The number of fused-ring (bicyclic) bond motifs is 1. The number of hydrogen-bond acceptors (Lipinski definition) is 5. The van der Waals surface area contributed by atoms with E-state index < -0.39 is 18.5 Å². The van der Waals surface area contributed by atoms with Gasteiger partial charge in [0.15, 0.2) is 12.3 Å². The van der Waals surface area contributed by atoms with Crippen molar-refractivity contribution in [3.05, 3.63) is 71.2 Å². The molecule has 1 aromatic carbocycles. The van der Waals surface area contributed by atoms with Crippen LogP contribution in [0, 0.1) is 5.82 Å². The summed E-state index contributed by atoms with van der Waals surface area (Å²) in [4.78, 5) is 24.4. The summed E-state index contributed by atoms with van der Waals surface area (Å²) in [5.74, 6) is -0.810. The molecule has 1 aliphatic carbocycles. The topological polar surface area (TPSA) is 86.4 Å². The molecule has 0 saturated carbocycles. The summed E-state index contributed by atoms with van der Waals surface area (Å²) in [6.07, 6.45) is 3.90. The number of esters is 1. The Morgan fingerprint density at radius 3 is 2.79 bits per heavy atom. The normalized spacial score (nSPS) is 12.6. The fourth-order valence-corrected chi connectivity index (χ4v) is 3.25. The van der Waals surface area contributed by atoms with Gasteiger partial charge in [0.1, 0.15) is 11.6 Å². The van der Waals surface area contributed by atoms with Gasteiger partial charge in [-0.05, 0) is 55.7 Å². The zero-order valence-corrected chi connectivity index (χ0v) is 15.0. The molecule has 0 fully saturated rings. The molecule has 1 aliphatic rings. The second-order valence-corrected chi connectivity index (χ2v) is 6.45. The van der Waals surface area contributed by atoms with E-state index in [1.54, 1.807) is 28.9 Å². The first-order valence-electron chi connectivity index (χ1n) is 8.95. The predicted molar refractivity (Wildman–Crippen MR) is 96.4 cm³/mol. The Hall–Kier alpha value is -3.42. The highest BCUT2D eigenvalue weighted by Crippen LogP contribution is 2.28. The predicted octanol–water partition coefficient (Wildman–Crippen LogP) is 2.57. The third-order valence-corrected chi connectivity index (χ3v) is 4.57. The molecular weight excluding hydrogens is 365 g/mol. The SMILES string of the molecule is O=C(COC(=O)c1nn(-c2ccc(F)cc2)c2c1CCC2)NCc1ccco1. The minimum Gasteiger partial charge on any atom is -0.467 e. The highest BCUT2D eigenvalue weighted by Gasteiger charge is 2.28. The molecule has 7 nitrogen and oxygen atoms in total. The van der Waals surface area contributed by atoms with Crippen LogP contribution in [0.2, 0.25) is 0 Å². The molecule has 0 aliphatic heterocycles. The molecule has 8 heteroatoms. The van der Waals surface area contributed by atoms with Crippen molar-refractivity contribution in [3.63, 3.8) is 0 Å². The van der Waals surface area contributed by atoms with Crippen molar-refractivity contribution >= 4 is 11.9 Å². The van der Waals surface area contributed by atoms with Crippen LogP contribution in [0.1, 0.15) is 33.9 Å². The van der Waals surface area contributed by atoms with Gasteiger partial charge in [-0.3, -0.25) is 4.79 Å². The molecule has 0 radical (unpaired) electrons. The fourth-order valence-electron chi connectivity index (χ4n) is 3.25. The monoisotopic (exact) mass is 383 g/mol. The number of rotatable bonds is 6. The van der Waals surface area contributed by atoms with Gasteiger partial charge in [0.2, 0.25) is 0 Å². The van der Waals surface area contributed by atoms with Crippen LogP contribution < -0.4 is 5.32 Å². The van der Waals surface area contributed by atoms with Crippen molar-refractivity contribution in [1.82, 2.24) is 15.1 Å². The quantitative estimate of drug-likeness (QED) is 0.661. The van der Waals surface area contributed by atoms with Crippen LogP contribution in [0.3, 0.4) is 0 Å². The third-order valence-electron chi connectivity index (χ3n) is 4.57. The first-order chi connectivity index (χ1) is 13.6. The van der Waals surface area contributed by atoms with Gasteiger partial charge in [0.25, 0.3) is 5.91 Å². The molecule has 1 N–H and O–H groups in total. The number of ether oxygens (including phenoxy) is 1. The van der Waals surface area contributed by atoms with Crippen molar-refractivity contribution in [2.75, 3.05) is 6.61 Å². The number of benzene rings is 1. The molecule has 4 rings (SSSR count). The number of nitrogens with one attached hydrogen (secondary N) is 1. The summed E-state index contributed by atoms with van der Waals surface area (Å²) < 4.78 is 25.1. The lowest BCUT2D eigenvalue weighted by Crippen LogP contribution is -2.28. The molecular formula is C20H18FN3O4. The molecule has 0 spiro atoms. The minimum absolute atomic E-state index is 0.204. The maximum Gasteiger partial charge on any atom is 0.359 e. The van der Waals surface area contributed by atoms with Gasteiger partial charge in [-0.25, -0.2) is 13.9 Å². The number of nitrogens with zero attached hydrogens (tertiary/aromatic N) is 2. The van der Waals surface area contributed by atoms with E-state index >= 15 is 0 Å². The van der Waals surface area contributed by atoms with Crippen molar-refractivity contribution < 1.29 is 23.1 Å². The van der Waals surface area contributed by atoms with Gasteiger partial charge in [-0.15, -0.1) is 0 Å². The van der Waals surface area contributed by atoms with E-state index in [0.29, 0.717) is 17.9 Å². The molecule has 0 atom stereocenters. The van der Waals surface area contributed by atoms with Crippen LogP contribution >= 0.6 is 0 Å². The highest BCUT2D eigenvalue weighted by atomic mass is 19.1. The highest BCUT2D eigenvalue weighted by molar-refractivity contribution is 5.91. The first-order valence-corrected chi connectivity index (χ1v) is 8.95. The Morgan fingerprint density at radius 1 is 1.21 bits per heavy atom. The zero-order chi connectivity index (χ0) is 19.5. The average molecular weight is 383 g/mol. The lowest BCUT2D eigenvalue weighted by molar-refractivity contribution is -0.124. The Kier molecular flexibility index (Phi) is 4.92. The van der Waals surface area contributed by atoms with E-state index in [0.717, 1.165) is 24.1 Å². The number of hydrogen-bond donors (Lipinski definition) is 1. The van der Waals surface area contributed by atoms with Crippen molar-refractivity contribution in [2.45, 2.75) is 25.8 Å². The Labute approximate surface area is 160 Å². The van der Waals surface area contributed by atoms with Crippen LogP contribution in [-0.2, 0) is 28.9 Å². The summed E-state index contributed by atoms with van der Waals surface area (Å²) in [5.41, 5.74) is 2.62. The summed E-state index contributed by atoms with van der Waals surface area (Å²) in [6.45, 7) is -0.185. The first kappa shape index (κ1) is 18.0. The fraction of sp³-hybridized carbons (Fsp3) is 0.250. The summed E-state index contributed by atoms with van der Waals surface area (Å²) >= 11 is 0. The molecule has 3 aromatic rings. The van der Waals surface area contributed by atoms with Gasteiger partial charge in [-0.2, -0.15) is 5.10 Å². The molecule has 28 heavy (non-hydrogen) atoms. The van der Waals surface area contributed by atoms with Gasteiger partial charge in [0, 0.05) is 11.3 Å². The van der Waals surface area contributed by atoms with E-state index in [1.165, 1.54) is 18.4 Å². The summed E-state index contributed by atoms with van der Waals surface area (Å²) in [5, 5.41) is 6.98. The molecule has 0 bridgehead atoms. The third kappa shape index (κ3) is 3.66. The number of carbonyl (C=O) groups is 2. The van der Waals surface area contributed by atoms with Gasteiger partial charge < -0.3 is 14.5 Å². The zero-order valence-electron chi connectivity index (χ0n) is 15.0. The lowest BCUT2D eigenvalue weighted by atomic mass is 10.2. The van der Waals surface area contributed by atoms with Crippen LogP contribution in [0.15, 0.2) is 47.1 Å². The van der Waals surface area contributed by atoms with Crippen molar-refractivity contribution in [3.8, 4) is 5.69 Å². The number of amides is 1. The van der Waals surface area contributed by atoms with Crippen molar-refractivity contribution in [1.29, 1.82) is 0 Å². The Morgan fingerprint density at radius 2 is 2.04 bits per heavy atom. The molecule has 2 aromatic heterocycles. The van der Waals surface area contributed by atoms with Gasteiger partial charge in [0.05, 0.1) is 18.5 Å². The number of aromatic nitrogens is 2. The number of carbonyl (C=O) groups excluding carboxylic acids is 2. The van der Waals surface area contributed by atoms with E-state index in [4.69, 9.17) is 9.15 Å². The Balaban J connectivity index is 1.43. The molecule has 2 heterocycles. The average Bonchev–Trinajstić information content (AvgIpc) is 3.43. The smallest absolute Gasteiger partial charge is 0.359 e. The van der Waals surface area contributed by atoms with E-state index in [-0.39, 0.29) is 18.1 Å².